The number of aryl methyl sites for hydroxylation is 2. The second-order valence-corrected chi connectivity index (χ2v) is 6.47. The van der Waals surface area contributed by atoms with Gasteiger partial charge < -0.3 is 5.32 Å². The third-order valence-corrected chi connectivity index (χ3v) is 5.13. The summed E-state index contributed by atoms with van der Waals surface area (Å²) >= 11 is 6.90. The molecule has 0 fully saturated rings. The highest BCUT2D eigenvalue weighted by Crippen LogP contribution is 2.33. The first-order valence-electron chi connectivity index (χ1n) is 6.33. The smallest absolute Gasteiger partial charge is 0.137 e. The summed E-state index contributed by atoms with van der Waals surface area (Å²) in [6.07, 6.45) is 0. The minimum Gasteiger partial charge on any atom is -0.309 e. The van der Waals surface area contributed by atoms with E-state index in [1.807, 2.05) is 13.1 Å². The van der Waals surface area contributed by atoms with Crippen LogP contribution in [0.5, 0.6) is 0 Å². The second-order valence-electron chi connectivity index (χ2n) is 4.82. The van der Waals surface area contributed by atoms with Gasteiger partial charge in [-0.05, 0) is 71.2 Å². The lowest BCUT2D eigenvalue weighted by molar-refractivity contribution is 0.607. The lowest BCUT2D eigenvalue weighted by Crippen LogP contribution is -2.19. The Hall–Kier alpha value is -0.710. The van der Waals surface area contributed by atoms with Gasteiger partial charge in [0, 0.05) is 4.47 Å². The maximum atomic E-state index is 13.8. The lowest BCUT2D eigenvalue weighted by Gasteiger charge is -2.22. The standard InChI is InChI=1S/C16H16Br2FN/c1-9-8-13(17)10(2)7-12(9)16(20-3)11-5-4-6-14(19)15(11)18/h4-8,16,20H,1-3H3. The van der Waals surface area contributed by atoms with Crippen LogP contribution in [0.15, 0.2) is 39.3 Å². The minimum atomic E-state index is -0.241. The maximum absolute atomic E-state index is 13.8. The van der Waals surface area contributed by atoms with Gasteiger partial charge in [0.1, 0.15) is 5.82 Å². The molecule has 0 saturated carbocycles. The topological polar surface area (TPSA) is 12.0 Å². The molecule has 1 nitrogen and oxygen atoms in total. The third-order valence-electron chi connectivity index (χ3n) is 3.44. The van der Waals surface area contributed by atoms with Gasteiger partial charge in [-0.2, -0.15) is 0 Å². The molecule has 1 unspecified atom stereocenters. The summed E-state index contributed by atoms with van der Waals surface area (Å²) in [4.78, 5) is 0. The number of rotatable bonds is 3. The van der Waals surface area contributed by atoms with Crippen molar-refractivity contribution >= 4 is 31.9 Å². The van der Waals surface area contributed by atoms with Crippen LogP contribution in [0.25, 0.3) is 0 Å². The summed E-state index contributed by atoms with van der Waals surface area (Å²) in [5.74, 6) is -0.241. The van der Waals surface area contributed by atoms with Gasteiger partial charge in [-0.3, -0.25) is 0 Å². The summed E-state index contributed by atoms with van der Waals surface area (Å²) in [5.41, 5.74) is 4.38. The summed E-state index contributed by atoms with van der Waals surface area (Å²) < 4.78 is 15.4. The summed E-state index contributed by atoms with van der Waals surface area (Å²) in [5, 5.41) is 3.28. The Morgan fingerprint density at radius 2 is 1.75 bits per heavy atom. The molecule has 0 radical (unpaired) electrons. The van der Waals surface area contributed by atoms with Gasteiger partial charge in [0.25, 0.3) is 0 Å². The van der Waals surface area contributed by atoms with Crippen molar-refractivity contribution in [3.8, 4) is 0 Å². The van der Waals surface area contributed by atoms with Crippen molar-refractivity contribution in [2.24, 2.45) is 0 Å². The largest absolute Gasteiger partial charge is 0.309 e. The molecule has 0 aromatic heterocycles. The quantitative estimate of drug-likeness (QED) is 0.739. The van der Waals surface area contributed by atoms with Crippen LogP contribution in [0.2, 0.25) is 0 Å². The molecule has 1 atom stereocenters. The molecule has 2 rings (SSSR count). The molecule has 0 spiro atoms. The molecule has 2 aromatic carbocycles. The second kappa shape index (κ2) is 6.37. The van der Waals surface area contributed by atoms with Gasteiger partial charge in [-0.1, -0.05) is 34.1 Å². The predicted octanol–water partition coefficient (Wildman–Crippen LogP) is 5.28. The van der Waals surface area contributed by atoms with Gasteiger partial charge in [0.2, 0.25) is 0 Å². The van der Waals surface area contributed by atoms with Crippen molar-refractivity contribution in [3.05, 3.63) is 67.3 Å². The Labute approximate surface area is 135 Å². The third kappa shape index (κ3) is 2.97. The molecule has 0 aliphatic rings. The predicted molar refractivity (Wildman–Crippen MR) is 88.6 cm³/mol. The van der Waals surface area contributed by atoms with E-state index in [-0.39, 0.29) is 11.9 Å². The van der Waals surface area contributed by atoms with Crippen molar-refractivity contribution in [2.45, 2.75) is 19.9 Å². The van der Waals surface area contributed by atoms with Crippen LogP contribution >= 0.6 is 31.9 Å². The average molecular weight is 401 g/mol. The highest BCUT2D eigenvalue weighted by atomic mass is 79.9. The number of halogens is 3. The first-order valence-corrected chi connectivity index (χ1v) is 7.92. The van der Waals surface area contributed by atoms with Crippen LogP contribution in [0.4, 0.5) is 4.39 Å². The molecule has 0 aliphatic heterocycles. The molecule has 0 amide bonds. The highest BCUT2D eigenvalue weighted by Gasteiger charge is 2.19. The SMILES string of the molecule is CNC(c1cc(C)c(Br)cc1C)c1cccc(F)c1Br. The molecule has 20 heavy (non-hydrogen) atoms. The first-order chi connectivity index (χ1) is 9.45. The normalized spacial score (nSPS) is 12.5. The average Bonchev–Trinajstić information content (AvgIpc) is 2.41. The number of nitrogens with one attached hydrogen (secondary N) is 1. The van der Waals surface area contributed by atoms with Crippen molar-refractivity contribution in [3.63, 3.8) is 0 Å². The molecule has 0 heterocycles. The Morgan fingerprint density at radius 1 is 1.05 bits per heavy atom. The fourth-order valence-corrected chi connectivity index (χ4v) is 3.29. The van der Waals surface area contributed by atoms with Crippen LogP contribution in [-0.2, 0) is 0 Å². The van der Waals surface area contributed by atoms with Gasteiger partial charge in [-0.15, -0.1) is 0 Å². The molecule has 106 valence electrons. The van der Waals surface area contributed by atoms with Crippen LogP contribution in [0, 0.1) is 19.7 Å². The summed E-state index contributed by atoms with van der Waals surface area (Å²) in [7, 11) is 1.89. The summed E-state index contributed by atoms with van der Waals surface area (Å²) in [6.45, 7) is 4.12. The Kier molecular flexibility index (Phi) is 4.99. The Bertz CT molecular complexity index is 641. The van der Waals surface area contributed by atoms with E-state index in [4.69, 9.17) is 0 Å². The van der Waals surface area contributed by atoms with Gasteiger partial charge in [-0.25, -0.2) is 4.39 Å². The van der Waals surface area contributed by atoms with E-state index < -0.39 is 0 Å². The van der Waals surface area contributed by atoms with E-state index in [1.165, 1.54) is 11.6 Å². The van der Waals surface area contributed by atoms with Crippen molar-refractivity contribution < 1.29 is 4.39 Å². The molecule has 4 heteroatoms. The first kappa shape index (κ1) is 15.7. The van der Waals surface area contributed by atoms with Crippen LogP contribution in [0.3, 0.4) is 0 Å². The van der Waals surface area contributed by atoms with E-state index >= 15 is 0 Å². The van der Waals surface area contributed by atoms with E-state index in [0.717, 1.165) is 21.2 Å². The fourth-order valence-electron chi connectivity index (χ4n) is 2.34. The molecule has 2 aromatic rings. The zero-order valence-electron chi connectivity index (χ0n) is 11.6. The van der Waals surface area contributed by atoms with Crippen LogP contribution < -0.4 is 5.32 Å². The molecule has 0 saturated heterocycles. The van der Waals surface area contributed by atoms with E-state index in [2.05, 4.69) is 63.2 Å². The molecule has 0 aliphatic carbocycles. The van der Waals surface area contributed by atoms with Crippen LogP contribution in [-0.4, -0.2) is 7.05 Å². The van der Waals surface area contributed by atoms with Crippen molar-refractivity contribution in [1.82, 2.24) is 5.32 Å². The zero-order valence-corrected chi connectivity index (χ0v) is 14.8. The van der Waals surface area contributed by atoms with Crippen molar-refractivity contribution in [2.75, 3.05) is 7.05 Å². The number of benzene rings is 2. The summed E-state index contributed by atoms with van der Waals surface area (Å²) in [6, 6.07) is 9.32. The van der Waals surface area contributed by atoms with Gasteiger partial charge >= 0.3 is 0 Å². The zero-order chi connectivity index (χ0) is 14.9. The van der Waals surface area contributed by atoms with Gasteiger partial charge in [0.15, 0.2) is 0 Å². The monoisotopic (exact) mass is 399 g/mol. The maximum Gasteiger partial charge on any atom is 0.137 e. The molecular formula is C16H16Br2FN. The Balaban J connectivity index is 2.58. The molecular weight excluding hydrogens is 385 g/mol. The van der Waals surface area contributed by atoms with E-state index in [9.17, 15) is 4.39 Å². The van der Waals surface area contributed by atoms with Crippen molar-refractivity contribution in [1.29, 1.82) is 0 Å². The number of hydrogen-bond acceptors (Lipinski definition) is 1. The number of hydrogen-bond donors (Lipinski definition) is 1. The minimum absolute atomic E-state index is 0.0492. The lowest BCUT2D eigenvalue weighted by atomic mass is 9.93. The fraction of sp³-hybridized carbons (Fsp3) is 0.250. The van der Waals surface area contributed by atoms with E-state index in [0.29, 0.717) is 4.47 Å². The Morgan fingerprint density at radius 3 is 2.40 bits per heavy atom. The molecule has 0 bridgehead atoms. The van der Waals surface area contributed by atoms with Gasteiger partial charge in [0.05, 0.1) is 10.5 Å². The van der Waals surface area contributed by atoms with Crippen LogP contribution in [0.1, 0.15) is 28.3 Å². The molecule has 1 N–H and O–H groups in total. The highest BCUT2D eigenvalue weighted by molar-refractivity contribution is 9.10. The van der Waals surface area contributed by atoms with E-state index in [1.54, 1.807) is 6.07 Å².